The maximum atomic E-state index is 13.2. The van der Waals surface area contributed by atoms with Crippen molar-refractivity contribution in [3.8, 4) is 17.1 Å². The fraction of sp³-hybridized carbons (Fsp3) is 0.167. The van der Waals surface area contributed by atoms with Gasteiger partial charge in [-0.2, -0.15) is 0 Å². The van der Waals surface area contributed by atoms with Crippen LogP contribution in [0.25, 0.3) is 11.4 Å². The van der Waals surface area contributed by atoms with E-state index in [4.69, 9.17) is 10.8 Å². The second-order valence-electron chi connectivity index (χ2n) is 3.63. The molecule has 0 fully saturated rings. The van der Waals surface area contributed by atoms with Crippen molar-refractivity contribution in [1.82, 2.24) is 9.97 Å². The average Bonchev–Trinajstić information content (AvgIpc) is 2.32. The first kappa shape index (κ1) is 11.3. The van der Waals surface area contributed by atoms with E-state index in [0.29, 0.717) is 17.2 Å². The molecule has 0 saturated carbocycles. The Labute approximate surface area is 98.0 Å². The first-order valence-electron chi connectivity index (χ1n) is 5.22. The number of aromatic nitrogens is 2. The number of hydrogen-bond donors (Lipinski definition) is 2. The molecule has 88 valence electrons. The summed E-state index contributed by atoms with van der Waals surface area (Å²) in [5.41, 5.74) is 6.93. The lowest BCUT2D eigenvalue weighted by atomic mass is 10.2. The lowest BCUT2D eigenvalue weighted by molar-refractivity contribution is 0.432. The van der Waals surface area contributed by atoms with Crippen LogP contribution in [0.15, 0.2) is 24.3 Å². The van der Waals surface area contributed by atoms with Crippen molar-refractivity contribution in [2.24, 2.45) is 0 Å². The molecule has 0 saturated heterocycles. The minimum absolute atomic E-state index is 0.348. The van der Waals surface area contributed by atoms with Crippen LogP contribution in [-0.2, 0) is 6.42 Å². The summed E-state index contributed by atoms with van der Waals surface area (Å²) < 4.78 is 13.2. The highest BCUT2D eigenvalue weighted by Crippen LogP contribution is 2.23. The van der Waals surface area contributed by atoms with Gasteiger partial charge in [0.05, 0.1) is 0 Å². The van der Waals surface area contributed by atoms with Gasteiger partial charge < -0.3 is 10.8 Å². The van der Waals surface area contributed by atoms with E-state index in [0.717, 1.165) is 12.1 Å². The highest BCUT2D eigenvalue weighted by atomic mass is 19.1. The number of phenols is 1. The van der Waals surface area contributed by atoms with Crippen LogP contribution in [0.2, 0.25) is 0 Å². The van der Waals surface area contributed by atoms with Crippen molar-refractivity contribution in [2.45, 2.75) is 13.3 Å². The Hall–Kier alpha value is -2.17. The number of anilines is 1. The summed E-state index contributed by atoms with van der Waals surface area (Å²) in [5, 5.41) is 9.11. The second kappa shape index (κ2) is 4.37. The molecule has 0 spiro atoms. The predicted octanol–water partition coefficient (Wildman–Crippen LogP) is 2.13. The quantitative estimate of drug-likeness (QED) is 0.833. The molecule has 0 aliphatic rings. The Morgan fingerprint density at radius 1 is 1.29 bits per heavy atom. The number of nitrogens with two attached hydrogens (primary N) is 1. The third kappa shape index (κ3) is 2.33. The molecule has 3 N–H and O–H groups in total. The number of nitrogen functional groups attached to an aromatic ring is 1. The molecule has 5 heteroatoms. The fourth-order valence-electron chi connectivity index (χ4n) is 1.47. The minimum atomic E-state index is -0.702. The maximum absolute atomic E-state index is 13.2. The van der Waals surface area contributed by atoms with Gasteiger partial charge in [-0.05, 0) is 24.6 Å². The van der Waals surface area contributed by atoms with Crippen molar-refractivity contribution in [2.75, 3.05) is 5.73 Å². The second-order valence-corrected chi connectivity index (χ2v) is 3.63. The molecule has 1 aromatic carbocycles. The predicted molar refractivity (Wildman–Crippen MR) is 62.9 cm³/mol. The Kier molecular flexibility index (Phi) is 2.91. The summed E-state index contributed by atoms with van der Waals surface area (Å²) in [6.45, 7) is 1.95. The van der Waals surface area contributed by atoms with E-state index in [1.165, 1.54) is 12.1 Å². The van der Waals surface area contributed by atoms with Gasteiger partial charge >= 0.3 is 0 Å². The fourth-order valence-corrected chi connectivity index (χ4v) is 1.47. The van der Waals surface area contributed by atoms with Gasteiger partial charge in [-0.25, -0.2) is 14.4 Å². The van der Waals surface area contributed by atoms with E-state index in [-0.39, 0.29) is 0 Å². The lowest BCUT2D eigenvalue weighted by Crippen LogP contribution is -1.99. The zero-order chi connectivity index (χ0) is 12.4. The first-order valence-corrected chi connectivity index (χ1v) is 5.22. The SMILES string of the molecule is CCc1cc(N)nc(-c2ccc(O)c(F)c2)n1. The van der Waals surface area contributed by atoms with Crippen LogP contribution in [0.5, 0.6) is 5.75 Å². The van der Waals surface area contributed by atoms with Crippen LogP contribution in [0.3, 0.4) is 0 Å². The van der Waals surface area contributed by atoms with Crippen molar-refractivity contribution >= 4 is 5.82 Å². The Morgan fingerprint density at radius 2 is 2.06 bits per heavy atom. The summed E-state index contributed by atoms with van der Waals surface area (Å²) in [6, 6.07) is 5.68. The van der Waals surface area contributed by atoms with Gasteiger partial charge in [0.2, 0.25) is 0 Å². The zero-order valence-corrected chi connectivity index (χ0v) is 9.31. The molecule has 2 aromatic rings. The highest BCUT2D eigenvalue weighted by molar-refractivity contribution is 5.58. The standard InChI is InChI=1S/C12H12FN3O/c1-2-8-6-11(14)16-12(15-8)7-3-4-10(17)9(13)5-7/h3-6,17H,2H2,1H3,(H2,14,15,16). The van der Waals surface area contributed by atoms with Crippen LogP contribution in [0.4, 0.5) is 10.2 Å². The number of hydrogen-bond acceptors (Lipinski definition) is 4. The van der Waals surface area contributed by atoms with E-state index >= 15 is 0 Å². The van der Waals surface area contributed by atoms with Crippen LogP contribution in [0, 0.1) is 5.82 Å². The molecule has 0 aliphatic heterocycles. The molecule has 1 heterocycles. The van der Waals surface area contributed by atoms with E-state index in [1.54, 1.807) is 12.1 Å². The lowest BCUT2D eigenvalue weighted by Gasteiger charge is -2.05. The van der Waals surface area contributed by atoms with Crippen LogP contribution in [0.1, 0.15) is 12.6 Å². The number of halogens is 1. The van der Waals surface area contributed by atoms with E-state index in [1.807, 2.05) is 6.92 Å². The van der Waals surface area contributed by atoms with E-state index in [2.05, 4.69) is 9.97 Å². The van der Waals surface area contributed by atoms with Gasteiger partial charge in [0.1, 0.15) is 5.82 Å². The van der Waals surface area contributed by atoms with Crippen LogP contribution < -0.4 is 5.73 Å². The van der Waals surface area contributed by atoms with Gasteiger partial charge in [-0.15, -0.1) is 0 Å². The van der Waals surface area contributed by atoms with Gasteiger partial charge in [0.15, 0.2) is 17.4 Å². The van der Waals surface area contributed by atoms with Crippen molar-refractivity contribution in [3.05, 3.63) is 35.8 Å². The molecular weight excluding hydrogens is 221 g/mol. The monoisotopic (exact) mass is 233 g/mol. The Morgan fingerprint density at radius 3 is 2.71 bits per heavy atom. The molecule has 2 rings (SSSR count). The van der Waals surface area contributed by atoms with E-state index in [9.17, 15) is 4.39 Å². The number of phenolic OH excluding ortho intramolecular Hbond substituents is 1. The summed E-state index contributed by atoms with van der Waals surface area (Å²) in [5.74, 6) is -0.388. The van der Waals surface area contributed by atoms with Gasteiger partial charge in [0, 0.05) is 17.3 Å². The third-order valence-electron chi connectivity index (χ3n) is 2.37. The largest absolute Gasteiger partial charge is 0.505 e. The Balaban J connectivity index is 2.52. The summed E-state index contributed by atoms with van der Waals surface area (Å²) in [6.07, 6.45) is 0.723. The number of aromatic hydroxyl groups is 1. The van der Waals surface area contributed by atoms with Crippen LogP contribution in [-0.4, -0.2) is 15.1 Å². The molecule has 0 atom stereocenters. The van der Waals surface area contributed by atoms with Crippen LogP contribution >= 0.6 is 0 Å². The summed E-state index contributed by atoms with van der Waals surface area (Å²) in [7, 11) is 0. The topological polar surface area (TPSA) is 72.0 Å². The zero-order valence-electron chi connectivity index (χ0n) is 9.31. The molecule has 1 aromatic heterocycles. The molecular formula is C12H12FN3O. The molecule has 0 aliphatic carbocycles. The van der Waals surface area contributed by atoms with E-state index < -0.39 is 11.6 Å². The Bertz CT molecular complexity index is 557. The van der Waals surface area contributed by atoms with Gasteiger partial charge in [-0.1, -0.05) is 6.92 Å². The normalized spacial score (nSPS) is 10.5. The molecule has 0 radical (unpaired) electrons. The molecule has 0 bridgehead atoms. The number of benzene rings is 1. The number of rotatable bonds is 2. The molecule has 0 unspecified atom stereocenters. The number of nitrogens with zero attached hydrogens (tertiary/aromatic N) is 2. The first-order chi connectivity index (χ1) is 8.10. The summed E-state index contributed by atoms with van der Waals surface area (Å²) >= 11 is 0. The maximum Gasteiger partial charge on any atom is 0.165 e. The highest BCUT2D eigenvalue weighted by Gasteiger charge is 2.08. The van der Waals surface area contributed by atoms with Gasteiger partial charge in [-0.3, -0.25) is 0 Å². The number of aryl methyl sites for hydroxylation is 1. The molecule has 4 nitrogen and oxygen atoms in total. The van der Waals surface area contributed by atoms with Crippen molar-refractivity contribution in [3.63, 3.8) is 0 Å². The van der Waals surface area contributed by atoms with Crippen molar-refractivity contribution in [1.29, 1.82) is 0 Å². The third-order valence-corrected chi connectivity index (χ3v) is 2.37. The smallest absolute Gasteiger partial charge is 0.165 e. The molecule has 0 amide bonds. The van der Waals surface area contributed by atoms with Crippen molar-refractivity contribution < 1.29 is 9.50 Å². The minimum Gasteiger partial charge on any atom is -0.505 e. The van der Waals surface area contributed by atoms with Gasteiger partial charge in [0.25, 0.3) is 0 Å². The summed E-state index contributed by atoms with van der Waals surface area (Å²) in [4.78, 5) is 8.29. The molecule has 17 heavy (non-hydrogen) atoms. The average molecular weight is 233 g/mol.